The van der Waals surface area contributed by atoms with Gasteiger partial charge in [0, 0.05) is 42.4 Å². The molecule has 2 aromatic carbocycles. The van der Waals surface area contributed by atoms with E-state index >= 15 is 0 Å². The second kappa shape index (κ2) is 12.4. The van der Waals surface area contributed by atoms with E-state index in [-0.39, 0.29) is 22.8 Å². The third-order valence-corrected chi connectivity index (χ3v) is 8.98. The SMILES string of the molecule is COc1nc(-c2cccc(-c3cccc(NC(=O)c4nn(C)c(=O)n(C)c4=O)c3Cl)c2Cl)cc2c1C(N[C@@H]1COC[C@@H]1O)CC2. The minimum atomic E-state index is -0.830. The molecule has 1 saturated heterocycles. The molecule has 1 aliphatic carbocycles. The quantitative estimate of drug-likeness (QED) is 0.274. The number of halogens is 2. The van der Waals surface area contributed by atoms with Crippen molar-refractivity contribution in [3.05, 3.63) is 90.2 Å². The summed E-state index contributed by atoms with van der Waals surface area (Å²) in [4.78, 5) is 42.4. The lowest BCUT2D eigenvalue weighted by Crippen LogP contribution is -2.43. The number of benzene rings is 2. The summed E-state index contributed by atoms with van der Waals surface area (Å²) in [6.45, 7) is 0.755. The van der Waals surface area contributed by atoms with E-state index in [1.165, 1.54) is 14.1 Å². The Labute approximate surface area is 267 Å². The van der Waals surface area contributed by atoms with E-state index in [9.17, 15) is 19.5 Å². The third-order valence-electron chi connectivity index (χ3n) is 8.17. The van der Waals surface area contributed by atoms with Gasteiger partial charge >= 0.3 is 5.69 Å². The Morgan fingerprint density at radius 3 is 2.49 bits per heavy atom. The molecule has 6 rings (SSSR count). The number of carbonyl (C=O) groups excluding carboxylic acids is 1. The Balaban J connectivity index is 1.32. The molecule has 45 heavy (non-hydrogen) atoms. The predicted octanol–water partition coefficient (Wildman–Crippen LogP) is 3.11. The van der Waals surface area contributed by atoms with Crippen LogP contribution in [-0.4, -0.2) is 62.8 Å². The molecule has 4 aromatic rings. The maximum Gasteiger partial charge on any atom is 0.346 e. The average molecular weight is 654 g/mol. The lowest BCUT2D eigenvalue weighted by Gasteiger charge is -2.22. The zero-order valence-electron chi connectivity index (χ0n) is 24.6. The first-order chi connectivity index (χ1) is 21.6. The molecule has 12 nitrogen and oxygen atoms in total. The fraction of sp³-hybridized carbons (Fsp3) is 0.323. The Bertz CT molecular complexity index is 1940. The van der Waals surface area contributed by atoms with Crippen LogP contribution in [0.15, 0.2) is 52.1 Å². The van der Waals surface area contributed by atoms with Gasteiger partial charge in [0.15, 0.2) is 0 Å². The highest BCUT2D eigenvalue weighted by molar-refractivity contribution is 6.39. The van der Waals surface area contributed by atoms with Crippen LogP contribution in [0, 0.1) is 0 Å². The maximum atomic E-state index is 13.0. The highest BCUT2D eigenvalue weighted by Crippen LogP contribution is 2.44. The molecule has 3 heterocycles. The Kier molecular flexibility index (Phi) is 8.51. The van der Waals surface area contributed by atoms with Crippen LogP contribution < -0.4 is 26.6 Å². The number of rotatable bonds is 7. The molecule has 2 aromatic heterocycles. The molecule has 234 valence electrons. The van der Waals surface area contributed by atoms with Gasteiger partial charge in [0.25, 0.3) is 11.5 Å². The number of anilines is 1. The Morgan fingerprint density at radius 1 is 1.07 bits per heavy atom. The van der Waals surface area contributed by atoms with Crippen molar-refractivity contribution in [3.8, 4) is 28.3 Å². The molecule has 0 saturated carbocycles. The van der Waals surface area contributed by atoms with Gasteiger partial charge in [-0.3, -0.25) is 14.2 Å². The fourth-order valence-corrected chi connectivity index (χ4v) is 6.42. The number of hydrogen-bond acceptors (Lipinski definition) is 9. The maximum absolute atomic E-state index is 13.0. The van der Waals surface area contributed by atoms with Gasteiger partial charge < -0.3 is 25.2 Å². The number of hydrogen-bond donors (Lipinski definition) is 3. The van der Waals surface area contributed by atoms with Gasteiger partial charge in [-0.2, -0.15) is 5.10 Å². The van der Waals surface area contributed by atoms with E-state index in [2.05, 4.69) is 15.7 Å². The van der Waals surface area contributed by atoms with Gasteiger partial charge in [-0.25, -0.2) is 14.5 Å². The molecule has 0 radical (unpaired) electrons. The number of aliphatic hydroxyl groups excluding tert-OH is 1. The highest BCUT2D eigenvalue weighted by atomic mass is 35.5. The smallest absolute Gasteiger partial charge is 0.346 e. The van der Waals surface area contributed by atoms with E-state index in [1.807, 2.05) is 24.3 Å². The minimum absolute atomic E-state index is 0.0347. The standard InChI is InChI=1S/C31H30Cl2N6O6/c1-38-30(42)27(37-39(2)31(38)43)28(41)35-20-9-5-7-17(26(20)33)16-6-4-8-18(25(16)32)21-12-15-10-11-19(24(15)29(36-21)44-3)34-22-13-45-14-23(22)40/h4-9,12,19,22-23,34,40H,10-11,13-14H2,1-3H3,(H,35,41)/t19?,22-,23+/m1/s1. The molecule has 1 fully saturated rings. The van der Waals surface area contributed by atoms with E-state index < -0.39 is 29.0 Å². The summed E-state index contributed by atoms with van der Waals surface area (Å²) < 4.78 is 12.9. The number of ether oxygens (including phenoxy) is 2. The molecule has 3 N–H and O–H groups in total. The first-order valence-corrected chi connectivity index (χ1v) is 15.0. The normalized spacial score (nSPS) is 19.0. The molecular weight excluding hydrogens is 623 g/mol. The van der Waals surface area contributed by atoms with Gasteiger partial charge in [0.1, 0.15) is 0 Å². The monoisotopic (exact) mass is 652 g/mol. The van der Waals surface area contributed by atoms with Crippen LogP contribution in [0.3, 0.4) is 0 Å². The number of aryl methyl sites for hydroxylation is 2. The fourth-order valence-electron chi connectivity index (χ4n) is 5.82. The summed E-state index contributed by atoms with van der Waals surface area (Å²) in [7, 11) is 4.19. The summed E-state index contributed by atoms with van der Waals surface area (Å²) in [5.41, 5.74) is 2.75. The van der Waals surface area contributed by atoms with Gasteiger partial charge in [-0.15, -0.1) is 0 Å². The molecule has 0 bridgehead atoms. The number of nitrogens with zero attached hydrogens (tertiary/aromatic N) is 4. The number of carbonyl (C=O) groups is 1. The zero-order chi connectivity index (χ0) is 32.0. The lowest BCUT2D eigenvalue weighted by atomic mass is 9.99. The molecular formula is C31H30Cl2N6O6. The first-order valence-electron chi connectivity index (χ1n) is 14.2. The van der Waals surface area contributed by atoms with Crippen molar-refractivity contribution in [3.63, 3.8) is 0 Å². The molecule has 14 heteroatoms. The molecule has 0 spiro atoms. The van der Waals surface area contributed by atoms with Crippen LogP contribution in [0.4, 0.5) is 5.69 Å². The van der Waals surface area contributed by atoms with Crippen LogP contribution >= 0.6 is 23.2 Å². The van der Waals surface area contributed by atoms with E-state index in [0.717, 1.165) is 33.2 Å². The highest BCUT2D eigenvalue weighted by Gasteiger charge is 2.34. The van der Waals surface area contributed by atoms with Crippen molar-refractivity contribution >= 4 is 34.8 Å². The lowest BCUT2D eigenvalue weighted by molar-refractivity contribution is 0.101. The number of nitrogens with one attached hydrogen (secondary N) is 2. The van der Waals surface area contributed by atoms with Crippen LogP contribution in [-0.2, 0) is 25.3 Å². The summed E-state index contributed by atoms with van der Waals surface area (Å²) in [6, 6.07) is 12.4. The van der Waals surface area contributed by atoms with Crippen molar-refractivity contribution in [2.45, 2.75) is 31.0 Å². The van der Waals surface area contributed by atoms with Gasteiger partial charge in [0.05, 0.1) is 53.9 Å². The van der Waals surface area contributed by atoms with Gasteiger partial charge in [0.2, 0.25) is 11.6 Å². The van der Waals surface area contributed by atoms with E-state index in [0.29, 0.717) is 46.5 Å². The second-order valence-corrected chi connectivity index (χ2v) is 11.7. The van der Waals surface area contributed by atoms with Crippen molar-refractivity contribution in [2.75, 3.05) is 25.6 Å². The largest absolute Gasteiger partial charge is 0.481 e. The zero-order valence-corrected chi connectivity index (χ0v) is 26.1. The summed E-state index contributed by atoms with van der Waals surface area (Å²) in [6.07, 6.45) is 1.05. The van der Waals surface area contributed by atoms with Gasteiger partial charge in [-0.05, 0) is 30.5 Å². The van der Waals surface area contributed by atoms with Crippen molar-refractivity contribution < 1.29 is 19.4 Å². The summed E-state index contributed by atoms with van der Waals surface area (Å²) >= 11 is 13.8. The number of pyridine rings is 1. The molecule has 1 amide bonds. The molecule has 3 atom stereocenters. The number of aromatic nitrogens is 4. The Hall–Kier alpha value is -4.07. The first kappa shape index (κ1) is 30.9. The molecule has 1 aliphatic heterocycles. The van der Waals surface area contributed by atoms with Crippen LogP contribution in [0.2, 0.25) is 10.0 Å². The summed E-state index contributed by atoms with van der Waals surface area (Å²) in [5, 5.41) is 20.8. The van der Waals surface area contributed by atoms with E-state index in [4.69, 9.17) is 37.7 Å². The molecule has 1 unspecified atom stereocenters. The van der Waals surface area contributed by atoms with Crippen LogP contribution in [0.5, 0.6) is 5.88 Å². The second-order valence-electron chi connectivity index (χ2n) is 11.0. The summed E-state index contributed by atoms with van der Waals surface area (Å²) in [5.74, 6) is -0.337. The number of aliphatic hydroxyl groups is 1. The van der Waals surface area contributed by atoms with E-state index in [1.54, 1.807) is 25.3 Å². The average Bonchev–Trinajstić information content (AvgIpc) is 3.64. The number of amides is 1. The van der Waals surface area contributed by atoms with Crippen molar-refractivity contribution in [2.24, 2.45) is 14.1 Å². The van der Waals surface area contributed by atoms with Gasteiger partial charge in [-0.1, -0.05) is 53.5 Å². The topological polar surface area (TPSA) is 150 Å². The predicted molar refractivity (Wildman–Crippen MR) is 169 cm³/mol. The number of methoxy groups -OCH3 is 1. The Morgan fingerprint density at radius 2 is 1.78 bits per heavy atom. The molecule has 2 aliphatic rings. The van der Waals surface area contributed by atoms with Crippen LogP contribution in [0.25, 0.3) is 22.4 Å². The number of fused-ring (bicyclic) bond motifs is 1. The van der Waals surface area contributed by atoms with Crippen molar-refractivity contribution in [1.82, 2.24) is 24.6 Å². The van der Waals surface area contributed by atoms with Crippen molar-refractivity contribution in [1.29, 1.82) is 0 Å². The van der Waals surface area contributed by atoms with Crippen LogP contribution in [0.1, 0.15) is 34.1 Å². The minimum Gasteiger partial charge on any atom is -0.481 e. The third kappa shape index (κ3) is 5.64.